The van der Waals surface area contributed by atoms with Gasteiger partial charge < -0.3 is 15.3 Å². The summed E-state index contributed by atoms with van der Waals surface area (Å²) >= 11 is 0. The number of para-hydroxylation sites is 2. The predicted molar refractivity (Wildman–Crippen MR) is 66.7 cm³/mol. The number of carbonyl (C=O) groups excluding carboxylic acids is 2. The topological polar surface area (TPSA) is 86.7 Å². The van der Waals surface area contributed by atoms with E-state index < -0.39 is 17.8 Å². The highest BCUT2D eigenvalue weighted by Crippen LogP contribution is 2.42. The normalized spacial score (nSPS) is 24.4. The molecule has 6 nitrogen and oxygen atoms in total. The van der Waals surface area contributed by atoms with Crippen molar-refractivity contribution >= 4 is 29.2 Å². The summed E-state index contributed by atoms with van der Waals surface area (Å²) in [6.45, 7) is -0.0569. The molecule has 98 valence electrons. The molecule has 2 amide bonds. The van der Waals surface area contributed by atoms with Crippen molar-refractivity contribution in [2.45, 2.75) is 6.42 Å². The number of fused-ring (bicyclic) bond motifs is 1. The number of rotatable bonds is 2. The van der Waals surface area contributed by atoms with Gasteiger partial charge in [-0.05, 0) is 18.6 Å². The molecule has 2 aliphatic rings. The molecular weight excluding hydrogens is 248 g/mol. The molecule has 1 fully saturated rings. The first-order valence-electron chi connectivity index (χ1n) is 6.01. The molecule has 1 saturated carbocycles. The summed E-state index contributed by atoms with van der Waals surface area (Å²) in [6.07, 6.45) is 0.356. The van der Waals surface area contributed by atoms with Crippen LogP contribution in [-0.4, -0.2) is 29.4 Å². The van der Waals surface area contributed by atoms with E-state index in [2.05, 4.69) is 5.32 Å². The van der Waals surface area contributed by atoms with Crippen molar-refractivity contribution in [2.24, 2.45) is 11.8 Å². The van der Waals surface area contributed by atoms with Crippen LogP contribution in [0.3, 0.4) is 0 Å². The largest absolute Gasteiger partial charge is 0.481 e. The van der Waals surface area contributed by atoms with Crippen LogP contribution in [0.1, 0.15) is 6.42 Å². The Hall–Kier alpha value is -2.37. The summed E-state index contributed by atoms with van der Waals surface area (Å²) < 4.78 is 0. The first kappa shape index (κ1) is 11.7. The van der Waals surface area contributed by atoms with Crippen LogP contribution in [0.15, 0.2) is 24.3 Å². The molecule has 0 radical (unpaired) electrons. The van der Waals surface area contributed by atoms with Crippen LogP contribution in [0.4, 0.5) is 11.4 Å². The van der Waals surface area contributed by atoms with Gasteiger partial charge in [0.15, 0.2) is 0 Å². The Morgan fingerprint density at radius 3 is 2.68 bits per heavy atom. The summed E-state index contributed by atoms with van der Waals surface area (Å²) in [5, 5.41) is 11.6. The van der Waals surface area contributed by atoms with Crippen LogP contribution < -0.4 is 10.2 Å². The number of aliphatic carboxylic acids is 1. The minimum Gasteiger partial charge on any atom is -0.481 e. The van der Waals surface area contributed by atoms with Crippen molar-refractivity contribution in [3.8, 4) is 0 Å². The summed E-state index contributed by atoms with van der Waals surface area (Å²) in [4.78, 5) is 36.0. The maximum absolute atomic E-state index is 12.3. The molecule has 0 spiro atoms. The van der Waals surface area contributed by atoms with Crippen LogP contribution in [0, 0.1) is 11.8 Å². The first-order chi connectivity index (χ1) is 9.08. The van der Waals surface area contributed by atoms with Gasteiger partial charge in [0.2, 0.25) is 11.8 Å². The zero-order valence-electron chi connectivity index (χ0n) is 10.00. The number of anilines is 2. The smallest absolute Gasteiger partial charge is 0.307 e. The van der Waals surface area contributed by atoms with E-state index in [1.807, 2.05) is 0 Å². The van der Waals surface area contributed by atoms with Crippen LogP contribution in [0.5, 0.6) is 0 Å². The molecule has 19 heavy (non-hydrogen) atoms. The molecule has 6 heteroatoms. The lowest BCUT2D eigenvalue weighted by Crippen LogP contribution is -2.43. The lowest BCUT2D eigenvalue weighted by Gasteiger charge is -2.29. The Bertz CT molecular complexity index is 584. The van der Waals surface area contributed by atoms with Gasteiger partial charge in [-0.1, -0.05) is 12.1 Å². The number of carboxylic acid groups (broad SMARTS) is 1. The second-order valence-corrected chi connectivity index (χ2v) is 4.78. The summed E-state index contributed by atoms with van der Waals surface area (Å²) in [6, 6.07) is 7.00. The van der Waals surface area contributed by atoms with Gasteiger partial charge in [0.1, 0.15) is 6.54 Å². The highest BCUT2D eigenvalue weighted by atomic mass is 16.4. The summed E-state index contributed by atoms with van der Waals surface area (Å²) in [5.41, 5.74) is 1.21. The van der Waals surface area contributed by atoms with Gasteiger partial charge >= 0.3 is 5.97 Å². The number of amides is 2. The van der Waals surface area contributed by atoms with Crippen molar-refractivity contribution in [1.29, 1.82) is 0 Å². The van der Waals surface area contributed by atoms with Crippen molar-refractivity contribution in [3.05, 3.63) is 24.3 Å². The molecule has 1 aromatic rings. The Kier molecular flexibility index (Phi) is 2.51. The van der Waals surface area contributed by atoms with Crippen LogP contribution >= 0.6 is 0 Å². The van der Waals surface area contributed by atoms with E-state index in [-0.39, 0.29) is 18.4 Å². The van der Waals surface area contributed by atoms with Gasteiger partial charge in [-0.3, -0.25) is 14.4 Å². The molecule has 2 unspecified atom stereocenters. The van der Waals surface area contributed by atoms with E-state index in [0.717, 1.165) is 0 Å². The molecule has 0 bridgehead atoms. The first-order valence-corrected chi connectivity index (χ1v) is 6.01. The van der Waals surface area contributed by atoms with Crippen molar-refractivity contribution in [1.82, 2.24) is 0 Å². The maximum Gasteiger partial charge on any atom is 0.307 e. The third-order valence-electron chi connectivity index (χ3n) is 3.46. The lowest BCUT2D eigenvalue weighted by molar-refractivity contribution is -0.140. The van der Waals surface area contributed by atoms with Gasteiger partial charge in [0.25, 0.3) is 0 Å². The monoisotopic (exact) mass is 260 g/mol. The van der Waals surface area contributed by atoms with Crippen molar-refractivity contribution < 1.29 is 19.5 Å². The van der Waals surface area contributed by atoms with E-state index in [0.29, 0.717) is 17.8 Å². The molecule has 0 aromatic heterocycles. The maximum atomic E-state index is 12.3. The number of hydrogen-bond acceptors (Lipinski definition) is 3. The number of carboxylic acids is 1. The molecule has 3 rings (SSSR count). The van der Waals surface area contributed by atoms with Crippen LogP contribution in [-0.2, 0) is 14.4 Å². The zero-order valence-corrected chi connectivity index (χ0v) is 10.00. The van der Waals surface area contributed by atoms with Crippen LogP contribution in [0.2, 0.25) is 0 Å². The Morgan fingerprint density at radius 1 is 1.26 bits per heavy atom. The van der Waals surface area contributed by atoms with Gasteiger partial charge in [-0.25, -0.2) is 0 Å². The summed E-state index contributed by atoms with van der Waals surface area (Å²) in [7, 11) is 0. The Balaban J connectivity index is 1.87. The van der Waals surface area contributed by atoms with Crippen molar-refractivity contribution in [2.75, 3.05) is 16.8 Å². The van der Waals surface area contributed by atoms with Gasteiger partial charge in [0.05, 0.1) is 23.2 Å². The van der Waals surface area contributed by atoms with E-state index in [1.54, 1.807) is 24.3 Å². The molecular formula is C13H12N2O4. The minimum atomic E-state index is -0.951. The lowest BCUT2D eigenvalue weighted by atomic mass is 10.1. The number of benzene rings is 1. The third-order valence-corrected chi connectivity index (χ3v) is 3.46. The summed E-state index contributed by atoms with van der Waals surface area (Å²) in [5.74, 6) is -2.61. The molecule has 1 aromatic carbocycles. The Morgan fingerprint density at radius 2 is 2.00 bits per heavy atom. The quantitative estimate of drug-likeness (QED) is 0.819. The number of carbonyl (C=O) groups is 3. The van der Waals surface area contributed by atoms with Crippen LogP contribution in [0.25, 0.3) is 0 Å². The van der Waals surface area contributed by atoms with E-state index in [4.69, 9.17) is 5.11 Å². The number of nitrogens with one attached hydrogen (secondary N) is 1. The molecule has 1 aliphatic heterocycles. The number of nitrogens with zero attached hydrogens (tertiary/aromatic N) is 1. The predicted octanol–water partition coefficient (Wildman–Crippen LogP) is 0.692. The molecule has 1 aliphatic carbocycles. The minimum absolute atomic E-state index is 0.0569. The van der Waals surface area contributed by atoms with Gasteiger partial charge in [-0.2, -0.15) is 0 Å². The SMILES string of the molecule is O=C1CN(C(=O)C2CC2C(=O)O)c2ccccc2N1. The average molecular weight is 260 g/mol. The molecule has 1 heterocycles. The van der Waals surface area contributed by atoms with Crippen molar-refractivity contribution in [3.63, 3.8) is 0 Å². The molecule has 0 saturated heterocycles. The third kappa shape index (κ3) is 1.95. The number of hydrogen-bond donors (Lipinski definition) is 2. The van der Waals surface area contributed by atoms with E-state index in [9.17, 15) is 14.4 Å². The fourth-order valence-corrected chi connectivity index (χ4v) is 2.37. The van der Waals surface area contributed by atoms with E-state index in [1.165, 1.54) is 4.90 Å². The standard InChI is InChI=1S/C13H12N2O4/c16-11-6-15(10-4-2-1-3-9(10)14-11)12(17)7-5-8(7)13(18)19/h1-4,7-8H,5-6H2,(H,14,16)(H,18,19). The second kappa shape index (κ2) is 4.08. The fraction of sp³-hybridized carbons (Fsp3) is 0.308. The molecule has 2 N–H and O–H groups in total. The van der Waals surface area contributed by atoms with Gasteiger partial charge in [-0.15, -0.1) is 0 Å². The van der Waals surface area contributed by atoms with Gasteiger partial charge in [0, 0.05) is 0 Å². The molecule has 2 atom stereocenters. The highest BCUT2D eigenvalue weighted by Gasteiger charge is 2.50. The Labute approximate surface area is 109 Å². The zero-order chi connectivity index (χ0) is 13.6. The fourth-order valence-electron chi connectivity index (χ4n) is 2.37. The highest BCUT2D eigenvalue weighted by molar-refractivity contribution is 6.11. The second-order valence-electron chi connectivity index (χ2n) is 4.78. The average Bonchev–Trinajstić information content (AvgIpc) is 3.17. The van der Waals surface area contributed by atoms with E-state index >= 15 is 0 Å².